The smallest absolute Gasteiger partial charge is 0.254 e. The van der Waals surface area contributed by atoms with Crippen LogP contribution in [0, 0.1) is 11.6 Å². The van der Waals surface area contributed by atoms with Gasteiger partial charge in [0.15, 0.2) is 0 Å². The van der Waals surface area contributed by atoms with Crippen LogP contribution in [-0.2, 0) is 0 Å². The molecule has 0 saturated carbocycles. The summed E-state index contributed by atoms with van der Waals surface area (Å²) in [5, 5.41) is 0. The molecule has 0 bridgehead atoms. The highest BCUT2D eigenvalue weighted by Gasteiger charge is 2.21. The third-order valence-corrected chi connectivity index (χ3v) is 4.03. The molecule has 0 fully saturated rings. The maximum atomic E-state index is 13.8. The highest BCUT2D eigenvalue weighted by atomic mass is 79.9. The lowest BCUT2D eigenvalue weighted by atomic mass is 10.1. The van der Waals surface area contributed by atoms with Crippen molar-refractivity contribution in [1.82, 2.24) is 4.90 Å². The monoisotopic (exact) mass is 353 g/mol. The molecule has 0 aliphatic carbocycles. The number of hydrogen-bond acceptors (Lipinski definition) is 1. The van der Waals surface area contributed by atoms with Crippen molar-refractivity contribution in [2.24, 2.45) is 0 Å². The Morgan fingerprint density at radius 2 is 1.81 bits per heavy atom. The topological polar surface area (TPSA) is 20.3 Å². The van der Waals surface area contributed by atoms with Gasteiger partial charge in [-0.05, 0) is 47.1 Å². The Bertz CT molecular complexity index is 675. The quantitative estimate of drug-likeness (QED) is 0.791. The lowest BCUT2D eigenvalue weighted by Gasteiger charge is -2.25. The van der Waals surface area contributed by atoms with Crippen molar-refractivity contribution >= 4 is 21.8 Å². The second-order valence-corrected chi connectivity index (χ2v) is 5.60. The largest absolute Gasteiger partial charge is 0.335 e. The first-order valence-corrected chi connectivity index (χ1v) is 7.17. The van der Waals surface area contributed by atoms with E-state index in [0.29, 0.717) is 11.1 Å². The van der Waals surface area contributed by atoms with Gasteiger partial charge < -0.3 is 4.90 Å². The van der Waals surface area contributed by atoms with Gasteiger partial charge in [0.2, 0.25) is 0 Å². The Morgan fingerprint density at radius 1 is 1.14 bits per heavy atom. The fraction of sp³-hybridized carbons (Fsp3) is 0.188. The summed E-state index contributed by atoms with van der Waals surface area (Å²) in [6, 6.07) is 9.95. The molecular weight excluding hydrogens is 340 g/mol. The molecule has 1 atom stereocenters. The van der Waals surface area contributed by atoms with Gasteiger partial charge in [0.25, 0.3) is 5.91 Å². The molecule has 0 radical (unpaired) electrons. The lowest BCUT2D eigenvalue weighted by Crippen LogP contribution is -2.30. The fourth-order valence-corrected chi connectivity index (χ4v) is 2.41. The number of hydrogen-bond donors (Lipinski definition) is 0. The minimum Gasteiger partial charge on any atom is -0.335 e. The third-order valence-electron chi connectivity index (χ3n) is 3.42. The van der Waals surface area contributed by atoms with E-state index in [4.69, 9.17) is 0 Å². The Balaban J connectivity index is 2.26. The normalized spacial score (nSPS) is 12.0. The van der Waals surface area contributed by atoms with E-state index in [0.717, 1.165) is 0 Å². The summed E-state index contributed by atoms with van der Waals surface area (Å²) in [4.78, 5) is 13.8. The van der Waals surface area contributed by atoms with Crippen LogP contribution in [0.4, 0.5) is 8.78 Å². The average molecular weight is 354 g/mol. The van der Waals surface area contributed by atoms with Crippen molar-refractivity contribution < 1.29 is 13.6 Å². The SMILES string of the molecule is CC(c1ccccc1F)N(C)C(=O)c1ccc(F)c(Br)c1. The van der Waals surface area contributed by atoms with Gasteiger partial charge >= 0.3 is 0 Å². The van der Waals surface area contributed by atoms with E-state index in [1.807, 2.05) is 0 Å². The number of halogens is 3. The van der Waals surface area contributed by atoms with Gasteiger partial charge in [0.05, 0.1) is 10.5 Å². The van der Waals surface area contributed by atoms with Crippen LogP contribution in [0.1, 0.15) is 28.9 Å². The molecule has 0 aliphatic rings. The van der Waals surface area contributed by atoms with Crippen LogP contribution >= 0.6 is 15.9 Å². The molecule has 110 valence electrons. The molecule has 2 aromatic rings. The number of carbonyl (C=O) groups excluding carboxylic acids is 1. The summed E-state index contributed by atoms with van der Waals surface area (Å²) < 4.78 is 27.2. The molecule has 1 amide bonds. The molecule has 0 N–H and O–H groups in total. The predicted molar refractivity (Wildman–Crippen MR) is 81.0 cm³/mol. The van der Waals surface area contributed by atoms with Crippen LogP contribution in [0.15, 0.2) is 46.9 Å². The van der Waals surface area contributed by atoms with E-state index in [1.165, 1.54) is 29.2 Å². The zero-order chi connectivity index (χ0) is 15.6. The molecule has 2 aromatic carbocycles. The van der Waals surface area contributed by atoms with E-state index in [1.54, 1.807) is 32.2 Å². The Labute approximate surface area is 130 Å². The molecule has 0 spiro atoms. The summed E-state index contributed by atoms with van der Waals surface area (Å²) in [7, 11) is 1.59. The maximum Gasteiger partial charge on any atom is 0.254 e. The predicted octanol–water partition coefficient (Wildman–Crippen LogP) is 4.56. The molecule has 0 heterocycles. The zero-order valence-electron chi connectivity index (χ0n) is 11.6. The Morgan fingerprint density at radius 3 is 2.43 bits per heavy atom. The van der Waals surface area contributed by atoms with Crippen LogP contribution in [0.2, 0.25) is 0 Å². The second kappa shape index (κ2) is 6.35. The van der Waals surface area contributed by atoms with Gasteiger partial charge in [-0.3, -0.25) is 4.79 Å². The molecule has 0 saturated heterocycles. The summed E-state index contributed by atoms with van der Waals surface area (Å²) in [6.07, 6.45) is 0. The van der Waals surface area contributed by atoms with Gasteiger partial charge in [0.1, 0.15) is 11.6 Å². The number of rotatable bonds is 3. The van der Waals surface area contributed by atoms with Gasteiger partial charge in [0, 0.05) is 18.2 Å². The minimum absolute atomic E-state index is 0.222. The van der Waals surface area contributed by atoms with Crippen molar-refractivity contribution in [2.45, 2.75) is 13.0 Å². The van der Waals surface area contributed by atoms with E-state index in [9.17, 15) is 13.6 Å². The van der Waals surface area contributed by atoms with Crippen LogP contribution in [-0.4, -0.2) is 17.9 Å². The Kier molecular flexibility index (Phi) is 4.73. The van der Waals surface area contributed by atoms with E-state index in [2.05, 4.69) is 15.9 Å². The van der Waals surface area contributed by atoms with Gasteiger partial charge in [-0.15, -0.1) is 0 Å². The van der Waals surface area contributed by atoms with Crippen LogP contribution in [0.5, 0.6) is 0 Å². The molecule has 1 unspecified atom stereocenters. The standard InChI is InChI=1S/C16H14BrF2NO/c1-10(12-5-3-4-6-14(12)18)20(2)16(21)11-7-8-15(19)13(17)9-11/h3-10H,1-2H3. The van der Waals surface area contributed by atoms with E-state index in [-0.39, 0.29) is 16.2 Å². The molecule has 0 aromatic heterocycles. The first-order valence-electron chi connectivity index (χ1n) is 6.38. The van der Waals surface area contributed by atoms with Crippen molar-refractivity contribution in [3.63, 3.8) is 0 Å². The van der Waals surface area contributed by atoms with E-state index < -0.39 is 11.9 Å². The van der Waals surface area contributed by atoms with Crippen molar-refractivity contribution in [3.8, 4) is 0 Å². The van der Waals surface area contributed by atoms with Crippen LogP contribution in [0.3, 0.4) is 0 Å². The molecular formula is C16H14BrF2NO. The lowest BCUT2D eigenvalue weighted by molar-refractivity contribution is 0.0740. The summed E-state index contributed by atoms with van der Waals surface area (Å²) >= 11 is 3.05. The third kappa shape index (κ3) is 3.29. The molecule has 5 heteroatoms. The van der Waals surface area contributed by atoms with Crippen molar-refractivity contribution in [1.29, 1.82) is 0 Å². The van der Waals surface area contributed by atoms with E-state index >= 15 is 0 Å². The first kappa shape index (κ1) is 15.6. The molecule has 2 rings (SSSR count). The average Bonchev–Trinajstić information content (AvgIpc) is 2.48. The summed E-state index contributed by atoms with van der Waals surface area (Å²) in [5.74, 6) is -1.09. The maximum absolute atomic E-state index is 13.8. The van der Waals surface area contributed by atoms with Crippen molar-refractivity contribution in [3.05, 3.63) is 69.7 Å². The van der Waals surface area contributed by atoms with Gasteiger partial charge in [-0.2, -0.15) is 0 Å². The first-order chi connectivity index (χ1) is 9.91. The highest BCUT2D eigenvalue weighted by molar-refractivity contribution is 9.10. The van der Waals surface area contributed by atoms with Crippen LogP contribution in [0.25, 0.3) is 0 Å². The van der Waals surface area contributed by atoms with Gasteiger partial charge in [-0.1, -0.05) is 18.2 Å². The zero-order valence-corrected chi connectivity index (χ0v) is 13.2. The number of nitrogens with zero attached hydrogens (tertiary/aromatic N) is 1. The van der Waals surface area contributed by atoms with Crippen LogP contribution < -0.4 is 0 Å². The minimum atomic E-state index is -0.434. The fourth-order valence-electron chi connectivity index (χ4n) is 2.03. The van der Waals surface area contributed by atoms with Gasteiger partial charge in [-0.25, -0.2) is 8.78 Å². The molecule has 21 heavy (non-hydrogen) atoms. The summed E-state index contributed by atoms with van der Waals surface area (Å²) in [5.41, 5.74) is 0.781. The highest BCUT2D eigenvalue weighted by Crippen LogP contribution is 2.24. The second-order valence-electron chi connectivity index (χ2n) is 4.74. The Hall–Kier alpha value is -1.75. The molecule has 2 nitrogen and oxygen atoms in total. The number of carbonyl (C=O) groups is 1. The summed E-state index contributed by atoms with van der Waals surface area (Å²) in [6.45, 7) is 1.74. The molecule has 0 aliphatic heterocycles. The van der Waals surface area contributed by atoms with Crippen molar-refractivity contribution in [2.75, 3.05) is 7.05 Å². The number of benzene rings is 2. The number of amides is 1.